The zero-order valence-electron chi connectivity index (χ0n) is 10.9. The van der Waals surface area contributed by atoms with Crippen LogP contribution in [0.3, 0.4) is 0 Å². The molecule has 1 atom stereocenters. The zero-order chi connectivity index (χ0) is 13.7. The van der Waals surface area contributed by atoms with E-state index in [4.69, 9.17) is 5.73 Å². The second-order valence-electron chi connectivity index (χ2n) is 4.35. The van der Waals surface area contributed by atoms with Gasteiger partial charge < -0.3 is 11.1 Å². The quantitative estimate of drug-likeness (QED) is 0.880. The maximum absolute atomic E-state index is 12.2. The SMILES string of the molecule is CCC(NC(=O)c1ccc(CN)cc1)c1cccs1. The zero-order valence-corrected chi connectivity index (χ0v) is 11.7. The summed E-state index contributed by atoms with van der Waals surface area (Å²) in [5.74, 6) is -0.0381. The average Bonchev–Trinajstić information content (AvgIpc) is 2.98. The molecule has 3 nitrogen and oxygen atoms in total. The lowest BCUT2D eigenvalue weighted by atomic mass is 10.1. The molecule has 4 heteroatoms. The van der Waals surface area contributed by atoms with Crippen molar-refractivity contribution in [3.8, 4) is 0 Å². The van der Waals surface area contributed by atoms with Crippen molar-refractivity contribution in [3.05, 3.63) is 57.8 Å². The van der Waals surface area contributed by atoms with E-state index in [1.165, 1.54) is 4.88 Å². The van der Waals surface area contributed by atoms with Crippen LogP contribution in [0.1, 0.15) is 40.2 Å². The molecular weight excluding hydrogens is 256 g/mol. The van der Waals surface area contributed by atoms with Crippen LogP contribution in [0, 0.1) is 0 Å². The molecule has 0 spiro atoms. The number of nitrogens with one attached hydrogen (secondary N) is 1. The van der Waals surface area contributed by atoms with Gasteiger partial charge in [0.15, 0.2) is 0 Å². The summed E-state index contributed by atoms with van der Waals surface area (Å²) >= 11 is 1.67. The van der Waals surface area contributed by atoms with Crippen LogP contribution in [0.2, 0.25) is 0 Å². The van der Waals surface area contributed by atoms with E-state index in [1.807, 2.05) is 35.7 Å². The molecule has 0 radical (unpaired) electrons. The summed E-state index contributed by atoms with van der Waals surface area (Å²) in [5.41, 5.74) is 7.25. The highest BCUT2D eigenvalue weighted by Gasteiger charge is 2.14. The number of benzene rings is 1. The molecule has 19 heavy (non-hydrogen) atoms. The number of rotatable bonds is 5. The van der Waals surface area contributed by atoms with E-state index in [0.717, 1.165) is 12.0 Å². The molecule has 0 aliphatic heterocycles. The van der Waals surface area contributed by atoms with Crippen molar-refractivity contribution in [2.75, 3.05) is 0 Å². The molecule has 1 aromatic heterocycles. The Morgan fingerprint density at radius 3 is 2.58 bits per heavy atom. The summed E-state index contributed by atoms with van der Waals surface area (Å²) in [6, 6.07) is 11.6. The van der Waals surface area contributed by atoms with E-state index in [0.29, 0.717) is 12.1 Å². The van der Waals surface area contributed by atoms with Crippen LogP contribution in [0.25, 0.3) is 0 Å². The Bertz CT molecular complexity index is 520. The van der Waals surface area contributed by atoms with E-state index in [9.17, 15) is 4.79 Å². The molecule has 0 aliphatic carbocycles. The summed E-state index contributed by atoms with van der Waals surface area (Å²) in [6.07, 6.45) is 0.882. The Labute approximate surface area is 117 Å². The first kappa shape index (κ1) is 13.8. The van der Waals surface area contributed by atoms with Crippen LogP contribution in [-0.4, -0.2) is 5.91 Å². The third-order valence-electron chi connectivity index (χ3n) is 3.05. The fourth-order valence-corrected chi connectivity index (χ4v) is 2.76. The van der Waals surface area contributed by atoms with Crippen molar-refractivity contribution < 1.29 is 4.79 Å². The fourth-order valence-electron chi connectivity index (χ4n) is 1.90. The van der Waals surface area contributed by atoms with E-state index < -0.39 is 0 Å². The standard InChI is InChI=1S/C15H18N2OS/c1-2-13(14-4-3-9-19-14)17-15(18)12-7-5-11(10-16)6-8-12/h3-9,13H,2,10,16H2,1H3,(H,17,18). The number of amides is 1. The van der Waals surface area contributed by atoms with Crippen LogP contribution < -0.4 is 11.1 Å². The van der Waals surface area contributed by atoms with Crippen LogP contribution in [0.15, 0.2) is 41.8 Å². The Morgan fingerprint density at radius 2 is 2.05 bits per heavy atom. The predicted octanol–water partition coefficient (Wildman–Crippen LogP) is 3.09. The van der Waals surface area contributed by atoms with Gasteiger partial charge in [0.2, 0.25) is 0 Å². The molecule has 1 unspecified atom stereocenters. The molecule has 1 heterocycles. The second-order valence-corrected chi connectivity index (χ2v) is 5.33. The monoisotopic (exact) mass is 274 g/mol. The molecule has 1 aromatic carbocycles. The predicted molar refractivity (Wildman–Crippen MR) is 79.2 cm³/mol. The Hall–Kier alpha value is -1.65. The van der Waals surface area contributed by atoms with Gasteiger partial charge in [-0.3, -0.25) is 4.79 Å². The molecule has 0 aliphatic rings. The maximum Gasteiger partial charge on any atom is 0.251 e. The molecule has 1 amide bonds. The summed E-state index contributed by atoms with van der Waals surface area (Å²) in [5, 5.41) is 5.09. The van der Waals surface area contributed by atoms with Crippen molar-refractivity contribution in [2.24, 2.45) is 5.73 Å². The van der Waals surface area contributed by atoms with Crippen molar-refractivity contribution in [1.82, 2.24) is 5.32 Å². The maximum atomic E-state index is 12.2. The molecule has 0 saturated carbocycles. The van der Waals surface area contributed by atoms with Gasteiger partial charge in [0, 0.05) is 17.0 Å². The lowest BCUT2D eigenvalue weighted by molar-refractivity contribution is 0.0936. The number of carbonyl (C=O) groups excluding carboxylic acids is 1. The third kappa shape index (κ3) is 3.43. The molecule has 0 fully saturated rings. The average molecular weight is 274 g/mol. The molecule has 2 rings (SSSR count). The molecular formula is C15H18N2OS. The first-order valence-electron chi connectivity index (χ1n) is 6.38. The van der Waals surface area contributed by atoms with Crippen LogP contribution >= 0.6 is 11.3 Å². The lowest BCUT2D eigenvalue weighted by Gasteiger charge is -2.15. The van der Waals surface area contributed by atoms with Gasteiger partial charge in [-0.15, -0.1) is 11.3 Å². The molecule has 100 valence electrons. The van der Waals surface area contributed by atoms with Gasteiger partial charge in [-0.05, 0) is 35.6 Å². The number of carbonyl (C=O) groups is 1. The van der Waals surface area contributed by atoms with Crippen molar-refractivity contribution >= 4 is 17.2 Å². The minimum absolute atomic E-state index is 0.0381. The molecule has 0 saturated heterocycles. The lowest BCUT2D eigenvalue weighted by Crippen LogP contribution is -2.27. The smallest absolute Gasteiger partial charge is 0.251 e. The van der Waals surface area contributed by atoms with Crippen LogP contribution in [-0.2, 0) is 6.54 Å². The van der Waals surface area contributed by atoms with E-state index in [-0.39, 0.29) is 11.9 Å². The van der Waals surface area contributed by atoms with Gasteiger partial charge in [0.1, 0.15) is 0 Å². The fraction of sp³-hybridized carbons (Fsp3) is 0.267. The highest BCUT2D eigenvalue weighted by atomic mass is 32.1. The minimum Gasteiger partial charge on any atom is -0.344 e. The second kappa shape index (κ2) is 6.50. The van der Waals surface area contributed by atoms with Gasteiger partial charge in [-0.1, -0.05) is 25.1 Å². The van der Waals surface area contributed by atoms with Crippen molar-refractivity contribution in [2.45, 2.75) is 25.9 Å². The Kier molecular flexibility index (Phi) is 4.71. The van der Waals surface area contributed by atoms with E-state index in [1.54, 1.807) is 11.3 Å². The Morgan fingerprint density at radius 1 is 1.32 bits per heavy atom. The molecule has 0 bridgehead atoms. The minimum atomic E-state index is -0.0381. The molecule has 3 N–H and O–H groups in total. The normalized spacial score (nSPS) is 12.1. The largest absolute Gasteiger partial charge is 0.344 e. The number of hydrogen-bond donors (Lipinski definition) is 2. The van der Waals surface area contributed by atoms with Gasteiger partial charge in [0.25, 0.3) is 5.91 Å². The summed E-state index contributed by atoms with van der Waals surface area (Å²) in [4.78, 5) is 13.4. The summed E-state index contributed by atoms with van der Waals surface area (Å²) in [7, 11) is 0. The number of nitrogens with two attached hydrogens (primary N) is 1. The highest BCUT2D eigenvalue weighted by molar-refractivity contribution is 7.10. The van der Waals surface area contributed by atoms with Crippen molar-refractivity contribution in [1.29, 1.82) is 0 Å². The molecule has 2 aromatic rings. The van der Waals surface area contributed by atoms with Gasteiger partial charge in [-0.25, -0.2) is 0 Å². The van der Waals surface area contributed by atoms with Gasteiger partial charge in [-0.2, -0.15) is 0 Å². The first-order chi connectivity index (χ1) is 9.24. The third-order valence-corrected chi connectivity index (χ3v) is 4.04. The van der Waals surface area contributed by atoms with Crippen molar-refractivity contribution in [3.63, 3.8) is 0 Å². The van der Waals surface area contributed by atoms with Crippen LogP contribution in [0.5, 0.6) is 0 Å². The van der Waals surface area contributed by atoms with E-state index in [2.05, 4.69) is 18.3 Å². The Balaban J connectivity index is 2.06. The first-order valence-corrected chi connectivity index (χ1v) is 7.25. The van der Waals surface area contributed by atoms with E-state index >= 15 is 0 Å². The summed E-state index contributed by atoms with van der Waals surface area (Å²) in [6.45, 7) is 2.57. The number of hydrogen-bond acceptors (Lipinski definition) is 3. The van der Waals surface area contributed by atoms with Gasteiger partial charge >= 0.3 is 0 Å². The topological polar surface area (TPSA) is 55.1 Å². The van der Waals surface area contributed by atoms with Gasteiger partial charge in [0.05, 0.1) is 6.04 Å². The van der Waals surface area contributed by atoms with Crippen LogP contribution in [0.4, 0.5) is 0 Å². The number of thiophene rings is 1. The summed E-state index contributed by atoms with van der Waals surface area (Å²) < 4.78 is 0. The highest BCUT2D eigenvalue weighted by Crippen LogP contribution is 2.22.